The van der Waals surface area contributed by atoms with Crippen LogP contribution >= 0.6 is 34.8 Å². The molecule has 1 saturated heterocycles. The van der Waals surface area contributed by atoms with E-state index in [2.05, 4.69) is 22.4 Å². The van der Waals surface area contributed by atoms with Crippen LogP contribution in [0.25, 0.3) is 5.70 Å². The quantitative estimate of drug-likeness (QED) is 0.712. The Hall–Kier alpha value is -1.35. The van der Waals surface area contributed by atoms with Crippen molar-refractivity contribution in [3.05, 3.63) is 69.7 Å². The second-order valence-corrected chi connectivity index (χ2v) is 6.69. The minimum absolute atomic E-state index is 0.635. The fourth-order valence-corrected chi connectivity index (χ4v) is 3.73. The Labute approximate surface area is 151 Å². The van der Waals surface area contributed by atoms with Crippen molar-refractivity contribution in [2.45, 2.75) is 0 Å². The van der Waals surface area contributed by atoms with Crippen LogP contribution < -0.4 is 4.90 Å². The highest BCUT2D eigenvalue weighted by molar-refractivity contribution is 6.37. The van der Waals surface area contributed by atoms with Crippen molar-refractivity contribution in [1.29, 1.82) is 0 Å². The molecule has 0 atom stereocenters. The van der Waals surface area contributed by atoms with E-state index in [1.807, 2.05) is 36.4 Å². The number of hydrogen-bond acceptors (Lipinski definition) is 2. The molecular formula is C18H17Cl3N2. The van der Waals surface area contributed by atoms with Crippen molar-refractivity contribution >= 4 is 46.2 Å². The monoisotopic (exact) mass is 366 g/mol. The van der Waals surface area contributed by atoms with E-state index in [1.54, 1.807) is 0 Å². The lowest BCUT2D eigenvalue weighted by molar-refractivity contribution is 0.368. The number of anilines is 1. The molecule has 1 heterocycles. The molecule has 0 amide bonds. The maximum Gasteiger partial charge on any atom is 0.0639 e. The zero-order valence-electron chi connectivity index (χ0n) is 12.6. The lowest BCUT2D eigenvalue weighted by Gasteiger charge is -2.38. The predicted molar refractivity (Wildman–Crippen MR) is 101 cm³/mol. The summed E-state index contributed by atoms with van der Waals surface area (Å²) in [5.74, 6) is 0. The van der Waals surface area contributed by atoms with Crippen LogP contribution in [0.2, 0.25) is 15.1 Å². The lowest BCUT2D eigenvalue weighted by atomic mass is 10.1. The first-order valence-electron chi connectivity index (χ1n) is 7.45. The zero-order chi connectivity index (χ0) is 16.4. The van der Waals surface area contributed by atoms with Gasteiger partial charge in [0.15, 0.2) is 0 Å². The van der Waals surface area contributed by atoms with Crippen LogP contribution in [-0.4, -0.2) is 31.1 Å². The Morgan fingerprint density at radius 2 is 1.35 bits per heavy atom. The molecular weight excluding hydrogens is 351 g/mol. The molecule has 5 heteroatoms. The molecule has 2 nitrogen and oxygen atoms in total. The predicted octanol–water partition coefficient (Wildman–Crippen LogP) is 5.44. The Morgan fingerprint density at radius 1 is 0.783 bits per heavy atom. The summed E-state index contributed by atoms with van der Waals surface area (Å²) < 4.78 is 0. The van der Waals surface area contributed by atoms with Crippen LogP contribution in [0.1, 0.15) is 5.56 Å². The molecule has 0 spiro atoms. The van der Waals surface area contributed by atoms with Gasteiger partial charge in [-0.25, -0.2) is 0 Å². The van der Waals surface area contributed by atoms with E-state index >= 15 is 0 Å². The highest BCUT2D eigenvalue weighted by Gasteiger charge is 2.22. The van der Waals surface area contributed by atoms with E-state index in [-0.39, 0.29) is 0 Å². The zero-order valence-corrected chi connectivity index (χ0v) is 14.9. The summed E-state index contributed by atoms with van der Waals surface area (Å²) in [6.07, 6.45) is 0. The Morgan fingerprint density at radius 3 is 1.96 bits per heavy atom. The molecule has 0 aliphatic carbocycles. The number of hydrogen-bond donors (Lipinski definition) is 0. The minimum atomic E-state index is 0.635. The van der Waals surface area contributed by atoms with E-state index < -0.39 is 0 Å². The van der Waals surface area contributed by atoms with Gasteiger partial charge in [0, 0.05) is 37.4 Å². The van der Waals surface area contributed by atoms with Gasteiger partial charge < -0.3 is 9.80 Å². The molecule has 0 unspecified atom stereocenters. The summed E-state index contributed by atoms with van der Waals surface area (Å²) in [7, 11) is 0. The van der Waals surface area contributed by atoms with Crippen LogP contribution in [0.4, 0.5) is 5.69 Å². The minimum Gasteiger partial charge on any atom is -0.368 e. The van der Waals surface area contributed by atoms with Crippen LogP contribution in [0.3, 0.4) is 0 Å². The van der Waals surface area contributed by atoms with Gasteiger partial charge in [0.2, 0.25) is 0 Å². The number of benzene rings is 2. The summed E-state index contributed by atoms with van der Waals surface area (Å²) >= 11 is 18.9. The molecule has 1 aliphatic rings. The smallest absolute Gasteiger partial charge is 0.0639 e. The van der Waals surface area contributed by atoms with E-state index in [0.717, 1.165) is 48.1 Å². The Balaban J connectivity index is 1.72. The molecule has 0 radical (unpaired) electrons. The van der Waals surface area contributed by atoms with Crippen molar-refractivity contribution in [2.75, 3.05) is 31.1 Å². The second kappa shape index (κ2) is 7.04. The first-order chi connectivity index (χ1) is 11.1. The molecule has 0 bridgehead atoms. The number of rotatable bonds is 3. The van der Waals surface area contributed by atoms with Gasteiger partial charge in [-0.05, 0) is 24.3 Å². The third-order valence-electron chi connectivity index (χ3n) is 4.11. The van der Waals surface area contributed by atoms with Gasteiger partial charge in [0.05, 0.1) is 20.8 Å². The molecule has 120 valence electrons. The summed E-state index contributed by atoms with van der Waals surface area (Å²) in [6.45, 7) is 7.66. The number of nitrogens with zero attached hydrogens (tertiary/aromatic N) is 2. The normalized spacial score (nSPS) is 14.9. The van der Waals surface area contributed by atoms with E-state index in [1.165, 1.54) is 0 Å². The van der Waals surface area contributed by atoms with Crippen molar-refractivity contribution < 1.29 is 0 Å². The van der Waals surface area contributed by atoms with Gasteiger partial charge in [-0.1, -0.05) is 59.6 Å². The second-order valence-electron chi connectivity index (χ2n) is 5.47. The van der Waals surface area contributed by atoms with E-state index in [9.17, 15) is 0 Å². The van der Waals surface area contributed by atoms with Crippen LogP contribution in [-0.2, 0) is 0 Å². The van der Waals surface area contributed by atoms with Crippen molar-refractivity contribution in [1.82, 2.24) is 4.90 Å². The Kier molecular flexibility index (Phi) is 5.05. The summed E-state index contributed by atoms with van der Waals surface area (Å²) in [6, 6.07) is 13.5. The maximum absolute atomic E-state index is 6.29. The molecule has 3 rings (SSSR count). The SMILES string of the molecule is C=C(c1c(Cl)cccc1Cl)N1CCN(c2ccccc2Cl)CC1. The van der Waals surface area contributed by atoms with Gasteiger partial charge in [-0.3, -0.25) is 0 Å². The van der Waals surface area contributed by atoms with Gasteiger partial charge in [0.1, 0.15) is 0 Å². The number of para-hydroxylation sites is 1. The fraction of sp³-hybridized carbons (Fsp3) is 0.222. The van der Waals surface area contributed by atoms with Crippen LogP contribution in [0, 0.1) is 0 Å². The van der Waals surface area contributed by atoms with Crippen molar-refractivity contribution in [2.24, 2.45) is 0 Å². The number of piperazine rings is 1. The van der Waals surface area contributed by atoms with Crippen molar-refractivity contribution in [3.63, 3.8) is 0 Å². The highest BCUT2D eigenvalue weighted by Crippen LogP contribution is 2.33. The van der Waals surface area contributed by atoms with E-state index in [4.69, 9.17) is 34.8 Å². The first kappa shape index (κ1) is 16.5. The van der Waals surface area contributed by atoms with Crippen molar-refractivity contribution in [3.8, 4) is 0 Å². The standard InChI is InChI=1S/C18H17Cl3N2/c1-13(18-15(20)6-4-7-16(18)21)22-9-11-23(12-10-22)17-8-3-2-5-14(17)19/h2-8H,1,9-12H2. The van der Waals surface area contributed by atoms with Crippen LogP contribution in [0.15, 0.2) is 49.0 Å². The molecule has 1 aliphatic heterocycles. The van der Waals surface area contributed by atoms with Gasteiger partial charge in [0.25, 0.3) is 0 Å². The first-order valence-corrected chi connectivity index (χ1v) is 8.59. The average Bonchev–Trinajstić information content (AvgIpc) is 2.55. The summed E-state index contributed by atoms with van der Waals surface area (Å²) in [5, 5.41) is 2.06. The molecule has 23 heavy (non-hydrogen) atoms. The average molecular weight is 368 g/mol. The van der Waals surface area contributed by atoms with Gasteiger partial charge in [-0.15, -0.1) is 0 Å². The lowest BCUT2D eigenvalue weighted by Crippen LogP contribution is -2.45. The topological polar surface area (TPSA) is 6.48 Å². The fourth-order valence-electron chi connectivity index (χ4n) is 2.86. The molecule has 0 aromatic heterocycles. The summed E-state index contributed by atoms with van der Waals surface area (Å²) in [4.78, 5) is 4.51. The summed E-state index contributed by atoms with van der Waals surface area (Å²) in [5.41, 5.74) is 2.77. The third-order valence-corrected chi connectivity index (χ3v) is 5.06. The van der Waals surface area contributed by atoms with Crippen LogP contribution in [0.5, 0.6) is 0 Å². The molecule has 2 aromatic rings. The Bertz CT molecular complexity index is 702. The third kappa shape index (κ3) is 3.45. The molecule has 0 N–H and O–H groups in total. The molecule has 2 aromatic carbocycles. The number of halogens is 3. The molecule has 0 saturated carbocycles. The molecule has 1 fully saturated rings. The highest BCUT2D eigenvalue weighted by atomic mass is 35.5. The van der Waals surface area contributed by atoms with Gasteiger partial charge >= 0.3 is 0 Å². The maximum atomic E-state index is 6.29. The van der Waals surface area contributed by atoms with E-state index in [0.29, 0.717) is 10.0 Å². The van der Waals surface area contributed by atoms with Gasteiger partial charge in [-0.2, -0.15) is 0 Å². The largest absolute Gasteiger partial charge is 0.368 e.